The van der Waals surface area contributed by atoms with Gasteiger partial charge in [-0.3, -0.25) is 14.9 Å². The maximum absolute atomic E-state index is 12.0. The lowest BCUT2D eigenvalue weighted by molar-refractivity contribution is -0.384. The number of benzene rings is 2. The van der Waals surface area contributed by atoms with Crippen LogP contribution in [-0.2, 0) is 0 Å². The third kappa shape index (κ3) is 5.76. The summed E-state index contributed by atoms with van der Waals surface area (Å²) in [6.07, 6.45) is 1.55. The molecule has 1 amide bonds. The highest BCUT2D eigenvalue weighted by atomic mass is 35.5. The molecule has 1 N–H and O–H groups in total. The highest BCUT2D eigenvalue weighted by molar-refractivity contribution is 6.34. The molecule has 0 heterocycles. The zero-order chi connectivity index (χ0) is 18.2. The molecule has 25 heavy (non-hydrogen) atoms. The van der Waals surface area contributed by atoms with Crippen molar-refractivity contribution in [3.63, 3.8) is 0 Å². The third-order valence-corrected chi connectivity index (χ3v) is 3.87. The molecule has 6 nitrogen and oxygen atoms in total. The average Bonchev–Trinajstić information content (AvgIpc) is 2.59. The molecule has 0 saturated carbocycles. The van der Waals surface area contributed by atoms with E-state index in [0.717, 1.165) is 18.6 Å². The fourth-order valence-corrected chi connectivity index (χ4v) is 2.41. The van der Waals surface area contributed by atoms with Gasteiger partial charge in [-0.15, -0.1) is 0 Å². The van der Waals surface area contributed by atoms with Gasteiger partial charge in [-0.05, 0) is 38.0 Å². The Morgan fingerprint density at radius 2 is 1.92 bits per heavy atom. The van der Waals surface area contributed by atoms with Crippen molar-refractivity contribution in [1.82, 2.24) is 5.32 Å². The van der Waals surface area contributed by atoms with E-state index in [9.17, 15) is 14.9 Å². The predicted molar refractivity (Wildman–Crippen MR) is 96.3 cm³/mol. The molecule has 0 bridgehead atoms. The molecule has 0 unspecified atom stereocenters. The van der Waals surface area contributed by atoms with Crippen LogP contribution in [-0.4, -0.2) is 24.0 Å². The molecule has 0 aliphatic carbocycles. The number of halogens is 1. The number of rotatable bonds is 8. The first kappa shape index (κ1) is 18.7. The van der Waals surface area contributed by atoms with Crippen LogP contribution in [0.4, 0.5) is 5.69 Å². The van der Waals surface area contributed by atoms with Gasteiger partial charge in [-0.25, -0.2) is 0 Å². The van der Waals surface area contributed by atoms with E-state index in [1.165, 1.54) is 23.8 Å². The van der Waals surface area contributed by atoms with Crippen LogP contribution in [0.25, 0.3) is 0 Å². The lowest BCUT2D eigenvalue weighted by atomic mass is 10.2. The molecule has 2 aromatic rings. The van der Waals surface area contributed by atoms with Crippen molar-refractivity contribution in [1.29, 1.82) is 0 Å². The Morgan fingerprint density at radius 1 is 1.20 bits per heavy atom. The van der Waals surface area contributed by atoms with Gasteiger partial charge in [0, 0.05) is 18.7 Å². The SMILES string of the molecule is Cc1ccc(OCCCCNC(=O)c2ccc([N+](=O)[O-])cc2Cl)cc1. The number of ether oxygens (including phenoxy) is 1. The minimum absolute atomic E-state index is 0.0643. The Labute approximate surface area is 150 Å². The number of hydrogen-bond donors (Lipinski definition) is 1. The van der Waals surface area contributed by atoms with Crippen molar-refractivity contribution in [2.45, 2.75) is 19.8 Å². The molecule has 0 aliphatic heterocycles. The van der Waals surface area contributed by atoms with E-state index in [-0.39, 0.29) is 22.2 Å². The molecule has 132 valence electrons. The highest BCUT2D eigenvalue weighted by Crippen LogP contribution is 2.22. The number of unbranched alkanes of at least 4 members (excludes halogenated alkanes) is 1. The molecular weight excluding hydrogens is 344 g/mol. The van der Waals surface area contributed by atoms with Gasteiger partial charge < -0.3 is 10.1 Å². The Hall–Kier alpha value is -2.60. The van der Waals surface area contributed by atoms with Crippen molar-refractivity contribution >= 4 is 23.2 Å². The molecule has 0 radical (unpaired) electrons. The van der Waals surface area contributed by atoms with E-state index in [1.807, 2.05) is 31.2 Å². The first-order chi connectivity index (χ1) is 12.0. The maximum Gasteiger partial charge on any atom is 0.270 e. The third-order valence-electron chi connectivity index (χ3n) is 3.55. The Balaban J connectivity index is 1.70. The quantitative estimate of drug-likeness (QED) is 0.434. The topological polar surface area (TPSA) is 81.5 Å². The summed E-state index contributed by atoms with van der Waals surface area (Å²) in [5.74, 6) is 0.478. The minimum Gasteiger partial charge on any atom is -0.494 e. The summed E-state index contributed by atoms with van der Waals surface area (Å²) < 4.78 is 5.61. The average molecular weight is 363 g/mol. The van der Waals surface area contributed by atoms with E-state index in [4.69, 9.17) is 16.3 Å². The largest absolute Gasteiger partial charge is 0.494 e. The van der Waals surface area contributed by atoms with Crippen molar-refractivity contribution in [2.24, 2.45) is 0 Å². The van der Waals surface area contributed by atoms with Gasteiger partial charge in [0.2, 0.25) is 0 Å². The standard InChI is InChI=1S/C18H19ClN2O4/c1-13-4-7-15(8-5-13)25-11-3-2-10-20-18(22)16-9-6-14(21(23)24)12-17(16)19/h4-9,12H,2-3,10-11H2,1H3,(H,20,22). The van der Waals surface area contributed by atoms with Crippen LogP contribution < -0.4 is 10.1 Å². The van der Waals surface area contributed by atoms with E-state index in [0.29, 0.717) is 13.2 Å². The molecule has 0 saturated heterocycles. The molecule has 0 aliphatic rings. The van der Waals surface area contributed by atoms with Crippen molar-refractivity contribution in [3.8, 4) is 5.75 Å². The van der Waals surface area contributed by atoms with E-state index >= 15 is 0 Å². The summed E-state index contributed by atoms with van der Waals surface area (Å²) in [5.41, 5.74) is 1.26. The molecular formula is C18H19ClN2O4. The highest BCUT2D eigenvalue weighted by Gasteiger charge is 2.14. The van der Waals surface area contributed by atoms with Crippen molar-refractivity contribution < 1.29 is 14.5 Å². The number of nitro benzene ring substituents is 1. The number of carbonyl (C=O) groups is 1. The molecule has 2 rings (SSSR count). The van der Waals surface area contributed by atoms with Crippen LogP contribution in [0, 0.1) is 17.0 Å². The normalized spacial score (nSPS) is 10.3. The molecule has 2 aromatic carbocycles. The monoisotopic (exact) mass is 362 g/mol. The number of non-ortho nitro benzene ring substituents is 1. The zero-order valence-electron chi connectivity index (χ0n) is 13.8. The van der Waals surface area contributed by atoms with Crippen LogP contribution in [0.1, 0.15) is 28.8 Å². The van der Waals surface area contributed by atoms with Crippen LogP contribution in [0.2, 0.25) is 5.02 Å². The summed E-state index contributed by atoms with van der Waals surface area (Å²) in [6.45, 7) is 3.06. The number of nitro groups is 1. The summed E-state index contributed by atoms with van der Waals surface area (Å²) in [6, 6.07) is 11.6. The summed E-state index contributed by atoms with van der Waals surface area (Å²) in [5, 5.41) is 13.5. The van der Waals surface area contributed by atoms with Gasteiger partial charge in [0.15, 0.2) is 0 Å². The number of aryl methyl sites for hydroxylation is 1. The van der Waals surface area contributed by atoms with Crippen molar-refractivity contribution in [3.05, 3.63) is 68.7 Å². The van der Waals surface area contributed by atoms with E-state index in [1.54, 1.807) is 0 Å². The Kier molecular flexibility index (Phi) is 6.77. The van der Waals surface area contributed by atoms with Gasteiger partial charge in [-0.1, -0.05) is 29.3 Å². The van der Waals surface area contributed by atoms with Crippen LogP contribution in [0.5, 0.6) is 5.75 Å². The fourth-order valence-electron chi connectivity index (χ4n) is 2.15. The number of nitrogens with zero attached hydrogens (tertiary/aromatic N) is 1. The second-order valence-electron chi connectivity index (χ2n) is 5.55. The van der Waals surface area contributed by atoms with E-state index in [2.05, 4.69) is 5.32 Å². The summed E-state index contributed by atoms with van der Waals surface area (Å²) in [4.78, 5) is 22.1. The summed E-state index contributed by atoms with van der Waals surface area (Å²) in [7, 11) is 0. The van der Waals surface area contributed by atoms with E-state index < -0.39 is 4.92 Å². The molecule has 0 atom stereocenters. The van der Waals surface area contributed by atoms with Crippen molar-refractivity contribution in [2.75, 3.05) is 13.2 Å². The van der Waals surface area contributed by atoms with Gasteiger partial charge in [0.05, 0.1) is 22.1 Å². The van der Waals surface area contributed by atoms with Crippen LogP contribution in [0.15, 0.2) is 42.5 Å². The van der Waals surface area contributed by atoms with Gasteiger partial charge in [0.1, 0.15) is 5.75 Å². The van der Waals surface area contributed by atoms with Gasteiger partial charge in [0.25, 0.3) is 11.6 Å². The number of hydrogen-bond acceptors (Lipinski definition) is 4. The van der Waals surface area contributed by atoms with Crippen LogP contribution in [0.3, 0.4) is 0 Å². The van der Waals surface area contributed by atoms with Gasteiger partial charge >= 0.3 is 0 Å². The molecule has 0 fully saturated rings. The zero-order valence-corrected chi connectivity index (χ0v) is 14.6. The second-order valence-corrected chi connectivity index (χ2v) is 5.95. The number of amides is 1. The number of carbonyl (C=O) groups excluding carboxylic acids is 1. The first-order valence-corrected chi connectivity index (χ1v) is 8.27. The molecule has 0 spiro atoms. The Bertz CT molecular complexity index is 747. The maximum atomic E-state index is 12.0. The summed E-state index contributed by atoms with van der Waals surface area (Å²) >= 11 is 5.92. The molecule has 0 aromatic heterocycles. The molecule has 7 heteroatoms. The fraction of sp³-hybridized carbons (Fsp3) is 0.278. The second kappa shape index (κ2) is 9.03. The minimum atomic E-state index is -0.554. The lowest BCUT2D eigenvalue weighted by Crippen LogP contribution is -2.25. The van der Waals surface area contributed by atoms with Gasteiger partial charge in [-0.2, -0.15) is 0 Å². The lowest BCUT2D eigenvalue weighted by Gasteiger charge is -2.08. The first-order valence-electron chi connectivity index (χ1n) is 7.89. The predicted octanol–water partition coefficient (Wildman–Crippen LogP) is 4.15. The Morgan fingerprint density at radius 3 is 2.56 bits per heavy atom. The number of nitrogens with one attached hydrogen (secondary N) is 1. The van der Waals surface area contributed by atoms with Crippen LogP contribution >= 0.6 is 11.6 Å². The smallest absolute Gasteiger partial charge is 0.270 e.